The maximum Gasteiger partial charge on any atom is 0.573 e. The van der Waals surface area contributed by atoms with Crippen LogP contribution in [0.15, 0.2) is 48.3 Å². The van der Waals surface area contributed by atoms with E-state index in [1.54, 1.807) is 38.2 Å². The van der Waals surface area contributed by atoms with E-state index in [1.807, 2.05) is 18.9 Å². The average Bonchev–Trinajstić information content (AvgIpc) is 3.21. The maximum absolute atomic E-state index is 13.6. The second-order valence-electron chi connectivity index (χ2n) is 8.60. The first kappa shape index (κ1) is 29.3. The number of hydrogen-bond donors (Lipinski definition) is 1. The highest BCUT2D eigenvalue weighted by molar-refractivity contribution is 6.30. The molecular formula is C25H31ClF3N5O4. The fourth-order valence-electron chi connectivity index (χ4n) is 3.76. The number of amides is 1. The van der Waals surface area contributed by atoms with Crippen LogP contribution in [-0.2, 0) is 11.3 Å². The number of aliphatic hydroxyl groups excluding tert-OH is 1. The van der Waals surface area contributed by atoms with E-state index < -0.39 is 24.4 Å². The summed E-state index contributed by atoms with van der Waals surface area (Å²) in [4.78, 5) is 22.8. The average molecular weight is 558 g/mol. The topological polar surface area (TPSA) is 83.3 Å². The number of aromatic nitrogens is 2. The summed E-state index contributed by atoms with van der Waals surface area (Å²) in [7, 11) is 3.50. The van der Waals surface area contributed by atoms with Gasteiger partial charge >= 0.3 is 6.36 Å². The van der Waals surface area contributed by atoms with Crippen LogP contribution in [0.2, 0.25) is 5.02 Å². The lowest BCUT2D eigenvalue weighted by Gasteiger charge is -2.39. The van der Waals surface area contributed by atoms with Gasteiger partial charge in [0.1, 0.15) is 12.4 Å². The first-order valence-corrected chi connectivity index (χ1v) is 12.3. The standard InChI is InChI=1S/C25H31ClF3N5O4/c1-5-7-19(38-25(27,28)29)12-15-37-23-30-21-20(34(23)16-17-8-10-18(26)11-9-17)22(35)33(24(36)32(21)4)14-13-31(3)6-2/h5,7-12,24,36H,6,13-16H2,1-4H3/b7-5-,19-12+. The lowest BCUT2D eigenvalue weighted by atomic mass is 10.2. The van der Waals surface area contributed by atoms with E-state index in [1.165, 1.54) is 20.4 Å². The van der Waals surface area contributed by atoms with Gasteiger partial charge in [-0.15, -0.1) is 13.2 Å². The van der Waals surface area contributed by atoms with Crippen LogP contribution < -0.4 is 9.64 Å². The molecule has 1 N–H and O–H groups in total. The van der Waals surface area contributed by atoms with Crippen molar-refractivity contribution in [2.45, 2.75) is 33.1 Å². The molecule has 13 heteroatoms. The van der Waals surface area contributed by atoms with Gasteiger partial charge in [0.05, 0.1) is 6.54 Å². The number of carbonyl (C=O) groups is 1. The third-order valence-corrected chi connectivity index (χ3v) is 6.17. The zero-order valence-corrected chi connectivity index (χ0v) is 22.3. The summed E-state index contributed by atoms with van der Waals surface area (Å²) in [6, 6.07) is 6.95. The predicted molar refractivity (Wildman–Crippen MR) is 137 cm³/mol. The summed E-state index contributed by atoms with van der Waals surface area (Å²) in [5.74, 6) is -0.705. The highest BCUT2D eigenvalue weighted by Gasteiger charge is 2.40. The molecule has 1 atom stereocenters. The number of benzene rings is 1. The van der Waals surface area contributed by atoms with Crippen LogP contribution in [0.1, 0.15) is 29.9 Å². The molecule has 208 valence electrons. The molecule has 3 rings (SSSR count). The Labute approximate surface area is 224 Å². The molecule has 38 heavy (non-hydrogen) atoms. The van der Waals surface area contributed by atoms with Crippen molar-refractivity contribution in [2.75, 3.05) is 45.2 Å². The van der Waals surface area contributed by atoms with Gasteiger partial charge in [0.25, 0.3) is 11.9 Å². The Morgan fingerprint density at radius 3 is 2.58 bits per heavy atom. The molecule has 2 heterocycles. The summed E-state index contributed by atoms with van der Waals surface area (Å²) >= 11 is 6.01. The molecule has 2 aromatic rings. The van der Waals surface area contributed by atoms with Crippen LogP contribution in [0.3, 0.4) is 0 Å². The number of allylic oxidation sites excluding steroid dienone is 2. The van der Waals surface area contributed by atoms with Crippen molar-refractivity contribution in [3.63, 3.8) is 0 Å². The Morgan fingerprint density at radius 2 is 1.97 bits per heavy atom. The van der Waals surface area contributed by atoms with Crippen molar-refractivity contribution in [3.05, 3.63) is 64.5 Å². The minimum Gasteiger partial charge on any atom is -0.460 e. The van der Waals surface area contributed by atoms with Gasteiger partial charge in [-0.05, 0) is 50.4 Å². The van der Waals surface area contributed by atoms with E-state index in [0.717, 1.165) is 24.3 Å². The molecule has 0 fully saturated rings. The van der Waals surface area contributed by atoms with E-state index in [4.69, 9.17) is 16.3 Å². The molecule has 1 unspecified atom stereocenters. The van der Waals surface area contributed by atoms with E-state index >= 15 is 0 Å². The van der Waals surface area contributed by atoms with E-state index in [-0.39, 0.29) is 37.2 Å². The summed E-state index contributed by atoms with van der Waals surface area (Å²) in [5, 5.41) is 11.4. The number of halogens is 4. The van der Waals surface area contributed by atoms with Crippen LogP contribution >= 0.6 is 11.6 Å². The quantitative estimate of drug-likeness (QED) is 0.329. The third kappa shape index (κ3) is 7.21. The molecule has 1 aliphatic heterocycles. The second-order valence-corrected chi connectivity index (χ2v) is 9.03. The predicted octanol–water partition coefficient (Wildman–Crippen LogP) is 4.08. The molecule has 0 aliphatic carbocycles. The fraction of sp³-hybridized carbons (Fsp3) is 0.440. The Kier molecular flexibility index (Phi) is 9.69. The number of hydrogen-bond acceptors (Lipinski definition) is 7. The number of ether oxygens (including phenoxy) is 2. The van der Waals surface area contributed by atoms with E-state index in [9.17, 15) is 23.1 Å². The van der Waals surface area contributed by atoms with Gasteiger partial charge in [0.2, 0.25) is 6.35 Å². The highest BCUT2D eigenvalue weighted by atomic mass is 35.5. The number of anilines is 1. The highest BCUT2D eigenvalue weighted by Crippen LogP contribution is 2.33. The molecule has 9 nitrogen and oxygen atoms in total. The lowest BCUT2D eigenvalue weighted by molar-refractivity contribution is -0.303. The summed E-state index contributed by atoms with van der Waals surface area (Å²) in [5.41, 5.74) is 0.968. The smallest absolute Gasteiger partial charge is 0.460 e. The first-order chi connectivity index (χ1) is 17.9. The Morgan fingerprint density at radius 1 is 1.29 bits per heavy atom. The lowest BCUT2D eigenvalue weighted by Crippen LogP contribution is -2.56. The minimum absolute atomic E-state index is 0.00652. The van der Waals surface area contributed by atoms with Crippen LogP contribution in [0.25, 0.3) is 0 Å². The van der Waals surface area contributed by atoms with Gasteiger partial charge in [-0.1, -0.05) is 36.7 Å². The number of carbonyl (C=O) groups excluding carboxylic acids is 1. The minimum atomic E-state index is -4.86. The van der Waals surface area contributed by atoms with Gasteiger partial charge in [-0.3, -0.25) is 14.3 Å². The molecule has 0 spiro atoms. The summed E-state index contributed by atoms with van der Waals surface area (Å²) < 4.78 is 49.5. The largest absolute Gasteiger partial charge is 0.573 e. The molecule has 0 saturated carbocycles. The number of nitrogens with zero attached hydrogens (tertiary/aromatic N) is 5. The summed E-state index contributed by atoms with van der Waals surface area (Å²) in [6.45, 7) is 4.95. The normalized spacial score (nSPS) is 16.5. The molecule has 1 aromatic heterocycles. The van der Waals surface area contributed by atoms with Crippen LogP contribution in [0, 0.1) is 0 Å². The van der Waals surface area contributed by atoms with E-state index in [2.05, 4.69) is 9.72 Å². The number of likely N-dealkylation sites (N-methyl/N-ethyl adjacent to an activating group) is 1. The van der Waals surface area contributed by atoms with Gasteiger partial charge < -0.3 is 24.4 Å². The SMILES string of the molecule is C/C=C\C(=C/COc1nc2c(n1Cc1ccc(Cl)cc1)C(=O)N(CCN(C)CC)C(O)N2C)OC(F)(F)F. The summed E-state index contributed by atoms with van der Waals surface area (Å²) in [6.07, 6.45) is -2.45. The molecule has 1 aliphatic rings. The molecule has 1 aromatic carbocycles. The van der Waals surface area contributed by atoms with Crippen molar-refractivity contribution in [3.8, 4) is 6.01 Å². The monoisotopic (exact) mass is 557 g/mol. The van der Waals surface area contributed by atoms with Gasteiger partial charge in [0.15, 0.2) is 11.5 Å². The van der Waals surface area contributed by atoms with Crippen LogP contribution in [0.5, 0.6) is 6.01 Å². The van der Waals surface area contributed by atoms with Crippen LogP contribution in [-0.4, -0.2) is 83.4 Å². The molecule has 0 radical (unpaired) electrons. The first-order valence-electron chi connectivity index (χ1n) is 11.9. The Balaban J connectivity index is 1.98. The van der Waals surface area contributed by atoms with Gasteiger partial charge in [0, 0.05) is 25.2 Å². The molecule has 0 saturated heterocycles. The molecule has 1 amide bonds. The Hall–Kier alpha value is -3.22. The molecular weight excluding hydrogens is 527 g/mol. The van der Waals surface area contributed by atoms with E-state index in [0.29, 0.717) is 11.6 Å². The second kappa shape index (κ2) is 12.5. The van der Waals surface area contributed by atoms with Crippen molar-refractivity contribution in [2.24, 2.45) is 0 Å². The number of alkyl halides is 3. The molecule has 0 bridgehead atoms. The number of fused-ring (bicyclic) bond motifs is 1. The Bertz CT molecular complexity index is 1170. The number of rotatable bonds is 11. The van der Waals surface area contributed by atoms with Crippen molar-refractivity contribution in [1.82, 2.24) is 19.4 Å². The third-order valence-electron chi connectivity index (χ3n) is 5.91. The fourth-order valence-corrected chi connectivity index (χ4v) is 3.89. The zero-order chi connectivity index (χ0) is 28.0. The zero-order valence-electron chi connectivity index (χ0n) is 21.6. The van der Waals surface area contributed by atoms with Crippen molar-refractivity contribution >= 4 is 23.3 Å². The van der Waals surface area contributed by atoms with Crippen molar-refractivity contribution in [1.29, 1.82) is 0 Å². The number of aliphatic hydroxyl groups is 1. The van der Waals surface area contributed by atoms with Crippen molar-refractivity contribution < 1.29 is 32.5 Å². The van der Waals surface area contributed by atoms with Gasteiger partial charge in [-0.2, -0.15) is 4.98 Å². The van der Waals surface area contributed by atoms with Gasteiger partial charge in [-0.25, -0.2) is 0 Å². The van der Waals surface area contributed by atoms with Crippen LogP contribution in [0.4, 0.5) is 19.0 Å². The number of imidazole rings is 1. The maximum atomic E-state index is 13.6.